The van der Waals surface area contributed by atoms with Gasteiger partial charge in [0.2, 0.25) is 6.41 Å². The highest BCUT2D eigenvalue weighted by Crippen LogP contribution is 2.20. The van der Waals surface area contributed by atoms with E-state index in [1.807, 2.05) is 30.3 Å². The lowest BCUT2D eigenvalue weighted by Crippen LogP contribution is -2.32. The van der Waals surface area contributed by atoms with Gasteiger partial charge in [-0.05, 0) is 41.8 Å². The molecule has 164 valence electrons. The quantitative estimate of drug-likeness (QED) is 0.307. The van der Waals surface area contributed by atoms with Crippen LogP contribution in [0.1, 0.15) is 31.8 Å². The zero-order valence-electron chi connectivity index (χ0n) is 17.6. The largest absolute Gasteiger partial charge is 0.341 e. The lowest BCUT2D eigenvalue weighted by molar-refractivity contribution is -0.107. The summed E-state index contributed by atoms with van der Waals surface area (Å²) in [6.45, 7) is 0.683. The van der Waals surface area contributed by atoms with Crippen LogP contribution in [0, 0.1) is 0 Å². The van der Waals surface area contributed by atoms with Gasteiger partial charge in [0.15, 0.2) is 0 Å². The van der Waals surface area contributed by atoms with E-state index in [-0.39, 0.29) is 23.8 Å². The highest BCUT2D eigenvalue weighted by atomic mass is 16.5. The molecule has 0 radical (unpaired) electrons. The van der Waals surface area contributed by atoms with Gasteiger partial charge in [0, 0.05) is 25.4 Å². The molecular weight excluding hydrogens is 408 g/mol. The van der Waals surface area contributed by atoms with E-state index in [0.29, 0.717) is 24.9 Å². The molecule has 0 aliphatic carbocycles. The van der Waals surface area contributed by atoms with E-state index in [1.54, 1.807) is 41.7 Å². The monoisotopic (exact) mass is 432 g/mol. The molecule has 0 bridgehead atoms. The minimum absolute atomic E-state index is 0.162. The summed E-state index contributed by atoms with van der Waals surface area (Å²) in [6, 6.07) is 19.6. The van der Waals surface area contributed by atoms with Crippen LogP contribution in [0.15, 0.2) is 72.9 Å². The topological polar surface area (TPSA) is 103 Å². The molecule has 0 saturated heterocycles. The molecule has 0 aliphatic heterocycles. The first-order valence-electron chi connectivity index (χ1n) is 10.0. The Balaban J connectivity index is 1.75. The van der Waals surface area contributed by atoms with E-state index in [0.717, 1.165) is 11.1 Å². The normalized spacial score (nSPS) is 10.3. The molecule has 32 heavy (non-hydrogen) atoms. The Morgan fingerprint density at radius 2 is 1.72 bits per heavy atom. The van der Waals surface area contributed by atoms with Crippen LogP contribution in [-0.4, -0.2) is 46.9 Å². The van der Waals surface area contributed by atoms with Crippen LogP contribution in [0.25, 0.3) is 0 Å². The molecule has 0 atom stereocenters. The number of amides is 3. The summed E-state index contributed by atoms with van der Waals surface area (Å²) in [4.78, 5) is 43.6. The Bertz CT molecular complexity index is 1070. The average Bonchev–Trinajstić information content (AvgIpc) is 2.86. The van der Waals surface area contributed by atoms with Crippen molar-refractivity contribution >= 4 is 24.0 Å². The number of likely N-dealkylation sites (N-methyl/N-ethyl adjacent to an activating group) is 1. The van der Waals surface area contributed by atoms with Crippen LogP contribution < -0.4 is 10.4 Å². The van der Waals surface area contributed by atoms with Gasteiger partial charge in [0.25, 0.3) is 11.8 Å². The second kappa shape index (κ2) is 10.8. The average molecular weight is 432 g/mol. The molecule has 1 aromatic heterocycles. The van der Waals surface area contributed by atoms with Crippen molar-refractivity contribution in [2.75, 3.05) is 18.5 Å². The van der Waals surface area contributed by atoms with E-state index >= 15 is 0 Å². The number of benzene rings is 2. The fourth-order valence-corrected chi connectivity index (χ4v) is 3.23. The second-order valence-electron chi connectivity index (χ2n) is 7.21. The minimum atomic E-state index is -0.625. The summed E-state index contributed by atoms with van der Waals surface area (Å²) >= 11 is 0. The van der Waals surface area contributed by atoms with Crippen LogP contribution in [-0.2, 0) is 17.8 Å². The summed E-state index contributed by atoms with van der Waals surface area (Å²) in [5.41, 5.74) is 4.04. The Labute approximate surface area is 186 Å². The molecule has 0 saturated carbocycles. The molecule has 0 spiro atoms. The molecule has 3 aromatic rings. The van der Waals surface area contributed by atoms with Crippen LogP contribution in [0.5, 0.6) is 0 Å². The van der Waals surface area contributed by atoms with Crippen LogP contribution in [0.3, 0.4) is 0 Å². The first-order valence-corrected chi connectivity index (χ1v) is 10.0. The fourth-order valence-electron chi connectivity index (χ4n) is 3.23. The molecule has 3 rings (SSSR count). The first kappa shape index (κ1) is 22.6. The molecule has 0 unspecified atom stereocenters. The molecule has 0 fully saturated rings. The fraction of sp³-hybridized carbons (Fsp3) is 0.167. The Hall–Kier alpha value is -4.04. The molecule has 8 nitrogen and oxygen atoms in total. The van der Waals surface area contributed by atoms with Gasteiger partial charge in [0.1, 0.15) is 5.82 Å². The standard InChI is InChI=1S/C24H24N4O4/c1-27(15-13-18-6-3-2-4-7-18)24(31)21-8-5-14-25-22(21)28(17-29)16-19-9-11-20(12-10-19)23(30)26-32/h2-12,14,17,32H,13,15-16H2,1H3,(H,26,30). The zero-order valence-corrected chi connectivity index (χ0v) is 17.6. The van der Waals surface area contributed by atoms with Crippen molar-refractivity contribution in [3.8, 4) is 0 Å². The Morgan fingerprint density at radius 1 is 1.00 bits per heavy atom. The van der Waals surface area contributed by atoms with Gasteiger partial charge >= 0.3 is 0 Å². The molecule has 2 N–H and O–H groups in total. The molecule has 8 heteroatoms. The Morgan fingerprint density at radius 3 is 2.38 bits per heavy atom. The maximum atomic E-state index is 13.1. The number of rotatable bonds is 9. The van der Waals surface area contributed by atoms with Crippen molar-refractivity contribution in [1.29, 1.82) is 0 Å². The summed E-state index contributed by atoms with van der Waals surface area (Å²) < 4.78 is 0. The lowest BCUT2D eigenvalue weighted by Gasteiger charge is -2.22. The minimum Gasteiger partial charge on any atom is -0.341 e. The third-order valence-electron chi connectivity index (χ3n) is 5.01. The van der Waals surface area contributed by atoms with E-state index in [1.165, 1.54) is 23.2 Å². The Kier molecular flexibility index (Phi) is 7.66. The molecule has 0 aliphatic rings. The van der Waals surface area contributed by atoms with Gasteiger partial charge in [0.05, 0.1) is 12.1 Å². The van der Waals surface area contributed by atoms with Crippen LogP contribution in [0.2, 0.25) is 0 Å². The van der Waals surface area contributed by atoms with Crippen LogP contribution >= 0.6 is 0 Å². The second-order valence-corrected chi connectivity index (χ2v) is 7.21. The summed E-state index contributed by atoms with van der Waals surface area (Å²) in [7, 11) is 1.72. The SMILES string of the molecule is CN(CCc1ccccc1)C(=O)c1cccnc1N(C=O)Cc1ccc(C(=O)NO)cc1. The maximum absolute atomic E-state index is 13.1. The number of nitrogens with one attached hydrogen (secondary N) is 1. The van der Waals surface area contributed by atoms with Gasteiger partial charge in [-0.15, -0.1) is 0 Å². The zero-order chi connectivity index (χ0) is 22.9. The summed E-state index contributed by atoms with van der Waals surface area (Å²) in [6.07, 6.45) is 2.86. The van der Waals surface area contributed by atoms with Crippen molar-refractivity contribution in [3.63, 3.8) is 0 Å². The number of hydroxylamine groups is 1. The van der Waals surface area contributed by atoms with Crippen molar-refractivity contribution in [2.24, 2.45) is 0 Å². The lowest BCUT2D eigenvalue weighted by atomic mass is 10.1. The number of pyridine rings is 1. The molecule has 1 heterocycles. The predicted octanol–water partition coefficient (Wildman–Crippen LogP) is 2.68. The number of aromatic nitrogens is 1. The highest BCUT2D eigenvalue weighted by Gasteiger charge is 2.21. The van der Waals surface area contributed by atoms with Crippen molar-refractivity contribution in [3.05, 3.63) is 95.2 Å². The van der Waals surface area contributed by atoms with Crippen molar-refractivity contribution < 1.29 is 19.6 Å². The number of hydrogen-bond acceptors (Lipinski definition) is 5. The van der Waals surface area contributed by atoms with E-state index in [2.05, 4.69) is 4.98 Å². The summed E-state index contributed by atoms with van der Waals surface area (Å²) in [5, 5.41) is 8.72. The third-order valence-corrected chi connectivity index (χ3v) is 5.01. The van der Waals surface area contributed by atoms with Gasteiger partial charge < -0.3 is 4.90 Å². The van der Waals surface area contributed by atoms with E-state index < -0.39 is 5.91 Å². The molecular formula is C24H24N4O4. The smallest absolute Gasteiger partial charge is 0.274 e. The number of carbonyl (C=O) groups excluding carboxylic acids is 3. The van der Waals surface area contributed by atoms with Gasteiger partial charge in [-0.2, -0.15) is 0 Å². The van der Waals surface area contributed by atoms with Crippen molar-refractivity contribution in [1.82, 2.24) is 15.4 Å². The number of carbonyl (C=O) groups is 3. The van der Waals surface area contributed by atoms with E-state index in [4.69, 9.17) is 5.21 Å². The number of nitrogens with zero attached hydrogens (tertiary/aromatic N) is 3. The number of anilines is 1. The molecule has 2 aromatic carbocycles. The first-order chi connectivity index (χ1) is 15.5. The van der Waals surface area contributed by atoms with Gasteiger partial charge in [-0.3, -0.25) is 24.5 Å². The third kappa shape index (κ3) is 5.55. The van der Waals surface area contributed by atoms with Crippen molar-refractivity contribution in [2.45, 2.75) is 13.0 Å². The summed E-state index contributed by atoms with van der Waals surface area (Å²) in [5.74, 6) is -0.595. The predicted molar refractivity (Wildman–Crippen MR) is 119 cm³/mol. The van der Waals surface area contributed by atoms with Crippen LogP contribution in [0.4, 0.5) is 5.82 Å². The van der Waals surface area contributed by atoms with Gasteiger partial charge in [-0.1, -0.05) is 42.5 Å². The van der Waals surface area contributed by atoms with Gasteiger partial charge in [-0.25, -0.2) is 10.5 Å². The number of hydrogen-bond donors (Lipinski definition) is 2. The maximum Gasteiger partial charge on any atom is 0.274 e. The highest BCUT2D eigenvalue weighted by molar-refractivity contribution is 6.00. The molecule has 3 amide bonds. The van der Waals surface area contributed by atoms with E-state index in [9.17, 15) is 14.4 Å².